The standard InChI is InChI=1S/C13H13F2N3O2.ClH/c14-8-2-1-3-10(4-8)19-7-12-17-13(20-18-12)11-5-9(15)6-16-11;/h1-4,9,11,16H,5-7H2;1H/t9-,11+;/m0./s1. The monoisotopic (exact) mass is 317 g/mol. The molecule has 2 atom stereocenters. The van der Waals surface area contributed by atoms with E-state index in [4.69, 9.17) is 9.26 Å². The molecule has 8 heteroatoms. The second-order valence-electron chi connectivity index (χ2n) is 4.59. The quantitative estimate of drug-likeness (QED) is 0.939. The Morgan fingerprint density at radius 3 is 3.00 bits per heavy atom. The van der Waals surface area contributed by atoms with E-state index >= 15 is 0 Å². The van der Waals surface area contributed by atoms with Crippen molar-refractivity contribution in [2.24, 2.45) is 0 Å². The van der Waals surface area contributed by atoms with Crippen molar-refractivity contribution in [3.63, 3.8) is 0 Å². The number of alkyl halides is 1. The fourth-order valence-electron chi connectivity index (χ4n) is 2.05. The van der Waals surface area contributed by atoms with Crippen LogP contribution < -0.4 is 10.1 Å². The van der Waals surface area contributed by atoms with Gasteiger partial charge in [0, 0.05) is 19.0 Å². The minimum absolute atomic E-state index is 0. The van der Waals surface area contributed by atoms with Crippen LogP contribution in [0, 0.1) is 5.82 Å². The summed E-state index contributed by atoms with van der Waals surface area (Å²) in [6, 6.07) is 5.54. The van der Waals surface area contributed by atoms with Gasteiger partial charge in [0.25, 0.3) is 0 Å². The Labute approximate surface area is 126 Å². The SMILES string of the molecule is Cl.Fc1cccc(OCc2noc([C@H]3C[C@H](F)CN3)n2)c1. The molecule has 1 saturated heterocycles. The van der Waals surface area contributed by atoms with Crippen LogP contribution in [-0.2, 0) is 6.61 Å². The largest absolute Gasteiger partial charge is 0.485 e. The van der Waals surface area contributed by atoms with Crippen molar-refractivity contribution in [1.29, 1.82) is 0 Å². The third-order valence-electron chi connectivity index (χ3n) is 3.02. The molecule has 1 N–H and O–H groups in total. The zero-order valence-electron chi connectivity index (χ0n) is 11.0. The number of nitrogens with zero attached hydrogens (tertiary/aromatic N) is 2. The molecule has 1 aliphatic rings. The van der Waals surface area contributed by atoms with Crippen molar-refractivity contribution in [3.05, 3.63) is 41.8 Å². The Morgan fingerprint density at radius 1 is 1.43 bits per heavy atom. The second kappa shape index (κ2) is 6.82. The van der Waals surface area contributed by atoms with Crippen LogP contribution in [0.25, 0.3) is 0 Å². The molecular formula is C13H14ClF2N3O2. The maximum Gasteiger partial charge on any atom is 0.244 e. The Balaban J connectivity index is 0.00000161. The number of aromatic nitrogens is 2. The average molecular weight is 318 g/mol. The number of rotatable bonds is 4. The van der Waals surface area contributed by atoms with Gasteiger partial charge in [-0.1, -0.05) is 11.2 Å². The van der Waals surface area contributed by atoms with Crippen molar-refractivity contribution in [1.82, 2.24) is 15.5 Å². The average Bonchev–Trinajstić information content (AvgIpc) is 3.05. The third-order valence-corrected chi connectivity index (χ3v) is 3.02. The summed E-state index contributed by atoms with van der Waals surface area (Å²) in [7, 11) is 0. The Morgan fingerprint density at radius 2 is 2.29 bits per heavy atom. The first kappa shape index (κ1) is 15.7. The molecule has 0 radical (unpaired) electrons. The van der Waals surface area contributed by atoms with Crippen LogP contribution in [0.1, 0.15) is 24.2 Å². The highest BCUT2D eigenvalue weighted by atomic mass is 35.5. The highest BCUT2D eigenvalue weighted by Gasteiger charge is 2.29. The highest BCUT2D eigenvalue weighted by Crippen LogP contribution is 2.23. The molecule has 0 amide bonds. The van der Waals surface area contributed by atoms with E-state index in [0.717, 1.165) is 0 Å². The van der Waals surface area contributed by atoms with Crippen LogP contribution in [0.4, 0.5) is 8.78 Å². The molecule has 0 saturated carbocycles. The molecule has 0 bridgehead atoms. The zero-order valence-corrected chi connectivity index (χ0v) is 11.8. The molecule has 114 valence electrons. The Kier molecular flexibility index (Phi) is 5.08. The maximum absolute atomic E-state index is 13.1. The third kappa shape index (κ3) is 3.89. The lowest BCUT2D eigenvalue weighted by Gasteiger charge is -2.03. The molecule has 1 aliphatic heterocycles. The van der Waals surface area contributed by atoms with E-state index in [9.17, 15) is 8.78 Å². The van der Waals surface area contributed by atoms with Gasteiger partial charge in [-0.05, 0) is 12.1 Å². The topological polar surface area (TPSA) is 60.2 Å². The highest BCUT2D eigenvalue weighted by molar-refractivity contribution is 5.85. The molecule has 0 unspecified atom stereocenters. The van der Waals surface area contributed by atoms with E-state index in [1.165, 1.54) is 12.1 Å². The predicted octanol–water partition coefficient (Wildman–Crippen LogP) is 2.58. The molecule has 0 aliphatic carbocycles. The van der Waals surface area contributed by atoms with Gasteiger partial charge in [-0.2, -0.15) is 4.98 Å². The number of ether oxygens (including phenoxy) is 1. The summed E-state index contributed by atoms with van der Waals surface area (Å²) < 4.78 is 36.4. The van der Waals surface area contributed by atoms with Crippen LogP contribution >= 0.6 is 12.4 Å². The fraction of sp³-hybridized carbons (Fsp3) is 0.385. The van der Waals surface area contributed by atoms with Crippen molar-refractivity contribution in [2.45, 2.75) is 25.2 Å². The molecule has 2 heterocycles. The van der Waals surface area contributed by atoms with Gasteiger partial charge in [-0.25, -0.2) is 8.78 Å². The van der Waals surface area contributed by atoms with Gasteiger partial charge in [0.05, 0.1) is 6.04 Å². The van der Waals surface area contributed by atoms with Crippen molar-refractivity contribution in [2.75, 3.05) is 6.54 Å². The van der Waals surface area contributed by atoms with E-state index in [0.29, 0.717) is 30.4 Å². The van der Waals surface area contributed by atoms with Gasteiger partial charge in [-0.3, -0.25) is 0 Å². The number of halogens is 3. The molecule has 1 fully saturated rings. The van der Waals surface area contributed by atoms with Crippen LogP contribution in [0.3, 0.4) is 0 Å². The van der Waals surface area contributed by atoms with E-state index < -0.39 is 6.17 Å². The minimum Gasteiger partial charge on any atom is -0.485 e. The van der Waals surface area contributed by atoms with Crippen LogP contribution in [0.15, 0.2) is 28.8 Å². The number of hydrogen-bond acceptors (Lipinski definition) is 5. The minimum atomic E-state index is -0.890. The summed E-state index contributed by atoms with van der Waals surface area (Å²) in [5, 5.41) is 6.71. The first-order valence-electron chi connectivity index (χ1n) is 6.29. The Hall–Kier alpha value is -1.73. The predicted molar refractivity (Wildman–Crippen MR) is 72.5 cm³/mol. The van der Waals surface area contributed by atoms with E-state index in [2.05, 4.69) is 15.5 Å². The van der Waals surface area contributed by atoms with Gasteiger partial charge >= 0.3 is 0 Å². The van der Waals surface area contributed by atoms with E-state index in [1.54, 1.807) is 12.1 Å². The smallest absolute Gasteiger partial charge is 0.244 e. The van der Waals surface area contributed by atoms with Gasteiger partial charge < -0.3 is 14.6 Å². The lowest BCUT2D eigenvalue weighted by molar-refractivity contribution is 0.281. The first-order chi connectivity index (χ1) is 9.70. The Bertz CT molecular complexity index is 596. The molecule has 1 aromatic carbocycles. The maximum atomic E-state index is 13.1. The van der Waals surface area contributed by atoms with Crippen molar-refractivity contribution < 1.29 is 18.0 Å². The second-order valence-corrected chi connectivity index (χ2v) is 4.59. The summed E-state index contributed by atoms with van der Waals surface area (Å²) in [5.74, 6) is 0.705. The van der Waals surface area contributed by atoms with Crippen molar-refractivity contribution in [3.8, 4) is 5.75 Å². The van der Waals surface area contributed by atoms with Crippen LogP contribution in [0.2, 0.25) is 0 Å². The molecule has 3 rings (SSSR count). The van der Waals surface area contributed by atoms with Gasteiger partial charge in [0.15, 0.2) is 6.61 Å². The van der Waals surface area contributed by atoms with Crippen LogP contribution in [0.5, 0.6) is 5.75 Å². The van der Waals surface area contributed by atoms with Crippen molar-refractivity contribution >= 4 is 12.4 Å². The molecule has 21 heavy (non-hydrogen) atoms. The summed E-state index contributed by atoms with van der Waals surface area (Å²) in [4.78, 5) is 4.14. The number of hydrogen-bond donors (Lipinski definition) is 1. The normalized spacial score (nSPS) is 21.0. The van der Waals surface area contributed by atoms with E-state index in [-0.39, 0.29) is 30.9 Å². The summed E-state index contributed by atoms with van der Waals surface area (Å²) in [6.07, 6.45) is -0.564. The molecule has 0 spiro atoms. The van der Waals surface area contributed by atoms with Gasteiger partial charge in [0.2, 0.25) is 11.7 Å². The lowest BCUT2D eigenvalue weighted by atomic mass is 10.2. The molecule has 1 aromatic heterocycles. The summed E-state index contributed by atoms with van der Waals surface area (Å²) >= 11 is 0. The molecule has 5 nitrogen and oxygen atoms in total. The lowest BCUT2D eigenvalue weighted by Crippen LogP contribution is -2.14. The first-order valence-corrected chi connectivity index (χ1v) is 6.29. The summed E-state index contributed by atoms with van der Waals surface area (Å²) in [6.45, 7) is 0.362. The molecular weight excluding hydrogens is 304 g/mol. The number of benzene rings is 1. The number of nitrogens with one attached hydrogen (secondary N) is 1. The van der Waals surface area contributed by atoms with Gasteiger partial charge in [0.1, 0.15) is 17.7 Å². The van der Waals surface area contributed by atoms with Gasteiger partial charge in [-0.15, -0.1) is 12.4 Å². The summed E-state index contributed by atoms with van der Waals surface area (Å²) in [5.41, 5.74) is 0. The van der Waals surface area contributed by atoms with E-state index in [1.807, 2.05) is 0 Å². The fourth-order valence-corrected chi connectivity index (χ4v) is 2.05. The van der Waals surface area contributed by atoms with Crippen LogP contribution in [-0.4, -0.2) is 22.9 Å². The zero-order chi connectivity index (χ0) is 13.9. The molecule has 2 aromatic rings.